The molecule has 0 radical (unpaired) electrons. The van der Waals surface area contributed by atoms with Crippen LogP contribution >= 0.6 is 0 Å². The fourth-order valence-corrected chi connectivity index (χ4v) is 8.17. The van der Waals surface area contributed by atoms with Gasteiger partial charge in [-0.05, 0) is 44.6 Å². The highest BCUT2D eigenvalue weighted by Crippen LogP contribution is 2.59. The molecule has 4 aliphatic rings. The van der Waals surface area contributed by atoms with E-state index in [9.17, 15) is 24.3 Å². The summed E-state index contributed by atoms with van der Waals surface area (Å²) >= 11 is 0. The van der Waals surface area contributed by atoms with E-state index in [1.807, 2.05) is 37.3 Å². The van der Waals surface area contributed by atoms with Gasteiger partial charge in [-0.15, -0.1) is 13.2 Å². The van der Waals surface area contributed by atoms with Gasteiger partial charge in [-0.2, -0.15) is 0 Å². The fraction of sp³-hybridized carbons (Fsp3) is 0.632. The van der Waals surface area contributed by atoms with E-state index in [1.54, 1.807) is 33.9 Å². The van der Waals surface area contributed by atoms with Crippen LogP contribution in [-0.4, -0.2) is 138 Å². The molecule has 50 heavy (non-hydrogen) atoms. The van der Waals surface area contributed by atoms with Crippen LogP contribution in [0.4, 0.5) is 0 Å². The molecule has 0 aromatic heterocycles. The third-order valence-corrected chi connectivity index (χ3v) is 10.9. The van der Waals surface area contributed by atoms with Gasteiger partial charge in [0.1, 0.15) is 17.7 Å². The molecule has 1 aromatic rings. The number of aliphatic hydroxyl groups is 1. The highest BCUT2D eigenvalue weighted by molar-refractivity contribution is 5.98. The van der Waals surface area contributed by atoms with Crippen LogP contribution in [0.2, 0.25) is 0 Å². The molecule has 4 fully saturated rings. The minimum absolute atomic E-state index is 0.0333. The lowest BCUT2D eigenvalue weighted by Gasteiger charge is -2.37. The van der Waals surface area contributed by atoms with Gasteiger partial charge < -0.3 is 34.0 Å². The first-order valence-corrected chi connectivity index (χ1v) is 18.1. The van der Waals surface area contributed by atoms with Crippen molar-refractivity contribution in [2.75, 3.05) is 66.1 Å². The zero-order valence-corrected chi connectivity index (χ0v) is 29.6. The molecule has 2 bridgehead atoms. The van der Waals surface area contributed by atoms with Crippen molar-refractivity contribution in [1.29, 1.82) is 0 Å². The van der Waals surface area contributed by atoms with Crippen molar-refractivity contribution in [2.24, 2.45) is 11.8 Å². The van der Waals surface area contributed by atoms with Gasteiger partial charge >= 0.3 is 5.97 Å². The summed E-state index contributed by atoms with van der Waals surface area (Å²) in [6.45, 7) is 14.0. The Kier molecular flexibility index (Phi) is 12.9. The highest BCUT2D eigenvalue weighted by Gasteiger charge is 2.75. The molecule has 5 rings (SSSR count). The quantitative estimate of drug-likeness (QED) is 0.140. The second-order valence-electron chi connectivity index (χ2n) is 13.9. The third kappa shape index (κ3) is 7.68. The number of unbranched alkanes of at least 4 members (excludes halogenated alkanes) is 1. The zero-order chi connectivity index (χ0) is 35.8. The van der Waals surface area contributed by atoms with E-state index in [4.69, 9.17) is 14.2 Å². The minimum Gasteiger partial charge on any atom is -0.455 e. The monoisotopic (exact) mass is 694 g/mol. The van der Waals surface area contributed by atoms with E-state index in [-0.39, 0.29) is 37.3 Å². The maximum atomic E-state index is 14.6. The number of nitrogens with zero attached hydrogens (tertiary/aromatic N) is 4. The second kappa shape index (κ2) is 17.1. The molecule has 0 aliphatic carbocycles. The summed E-state index contributed by atoms with van der Waals surface area (Å²) in [6.07, 6.45) is 4.78. The van der Waals surface area contributed by atoms with E-state index in [1.165, 1.54) is 0 Å². The zero-order valence-electron chi connectivity index (χ0n) is 29.6. The average Bonchev–Trinajstić information content (AvgIpc) is 3.78. The molecule has 1 aromatic carbocycles. The van der Waals surface area contributed by atoms with Gasteiger partial charge in [0.15, 0.2) is 0 Å². The molecule has 4 aliphatic heterocycles. The maximum absolute atomic E-state index is 14.6. The maximum Gasteiger partial charge on any atom is 0.313 e. The van der Waals surface area contributed by atoms with Crippen molar-refractivity contribution in [3.63, 3.8) is 0 Å². The number of hydrogen-bond donors (Lipinski definition) is 1. The number of rotatable bonds is 18. The standard InChI is InChI=1S/C38H54N4O8/c1-5-7-15-30(44)39(4)27(3)33(28-13-9-8-10-14-28)49-37(47)31-29-16-17-38(50-29)32(31)35(45)42(19-11-12-24-43)34(38)36(46)41(18-6-2)21-20-40-22-25-48-26-23-40/h5-6,8-10,13-14,27,29,31-34,43H,1-2,7,11-12,15-26H2,3-4H3/t27-,29-,31+,32+,33+,34-,38+/m1/s1. The van der Waals surface area contributed by atoms with Gasteiger partial charge in [-0.1, -0.05) is 42.5 Å². The molecule has 7 atom stereocenters. The van der Waals surface area contributed by atoms with Crippen LogP contribution in [0.15, 0.2) is 55.6 Å². The second-order valence-corrected chi connectivity index (χ2v) is 13.9. The SMILES string of the molecule is C=CCCC(=O)N(C)[C@H](C)[C@H](OC(=O)[C@@H]1[C@H]2C(=O)N(CCCCO)[C@H](C(=O)N(CC=C)CCN3CCOCC3)[C@]23CC[C@H]1O3)c1ccccc1. The van der Waals surface area contributed by atoms with Crippen LogP contribution in [0, 0.1) is 11.8 Å². The molecule has 12 nitrogen and oxygen atoms in total. The molecule has 0 unspecified atom stereocenters. The summed E-state index contributed by atoms with van der Waals surface area (Å²) in [5.74, 6) is -2.97. The van der Waals surface area contributed by atoms with Crippen molar-refractivity contribution in [1.82, 2.24) is 19.6 Å². The number of carbonyl (C=O) groups is 4. The molecule has 3 amide bonds. The predicted molar refractivity (Wildman–Crippen MR) is 187 cm³/mol. The fourth-order valence-electron chi connectivity index (χ4n) is 8.17. The van der Waals surface area contributed by atoms with E-state index in [0.717, 1.165) is 18.7 Å². The Hall–Kier alpha value is -3.58. The first kappa shape index (κ1) is 37.7. The number of hydrogen-bond acceptors (Lipinski definition) is 9. The van der Waals surface area contributed by atoms with Gasteiger partial charge in [0, 0.05) is 59.3 Å². The van der Waals surface area contributed by atoms with Crippen LogP contribution in [0.25, 0.3) is 0 Å². The number of fused-ring (bicyclic) bond motifs is 1. The van der Waals surface area contributed by atoms with E-state index in [2.05, 4.69) is 18.1 Å². The first-order valence-electron chi connectivity index (χ1n) is 18.1. The van der Waals surface area contributed by atoms with Crippen LogP contribution in [0.1, 0.15) is 57.1 Å². The largest absolute Gasteiger partial charge is 0.455 e. The number of benzene rings is 1. The van der Waals surface area contributed by atoms with Gasteiger partial charge in [-0.3, -0.25) is 24.1 Å². The summed E-state index contributed by atoms with van der Waals surface area (Å²) in [5, 5.41) is 9.53. The normalized spacial score (nSPS) is 27.0. The van der Waals surface area contributed by atoms with Crippen molar-refractivity contribution in [3.8, 4) is 0 Å². The number of amides is 3. The van der Waals surface area contributed by atoms with Gasteiger partial charge in [0.25, 0.3) is 0 Å². The number of aliphatic hydroxyl groups excluding tert-OH is 1. The van der Waals surface area contributed by atoms with Crippen molar-refractivity contribution >= 4 is 23.7 Å². The lowest BCUT2D eigenvalue weighted by Crippen LogP contribution is -2.57. The average molecular weight is 695 g/mol. The summed E-state index contributed by atoms with van der Waals surface area (Å²) in [4.78, 5) is 63.7. The summed E-state index contributed by atoms with van der Waals surface area (Å²) in [7, 11) is 1.70. The molecule has 4 saturated heterocycles. The number of likely N-dealkylation sites (tertiary alicyclic amines) is 1. The van der Waals surface area contributed by atoms with Crippen molar-refractivity contribution in [3.05, 3.63) is 61.2 Å². The Morgan fingerprint density at radius 3 is 2.54 bits per heavy atom. The van der Waals surface area contributed by atoms with E-state index in [0.29, 0.717) is 65.0 Å². The lowest BCUT2D eigenvalue weighted by molar-refractivity contribution is -0.164. The van der Waals surface area contributed by atoms with Crippen LogP contribution in [0.3, 0.4) is 0 Å². The van der Waals surface area contributed by atoms with Crippen molar-refractivity contribution in [2.45, 2.75) is 75.3 Å². The molecule has 12 heteroatoms. The Bertz CT molecular complexity index is 1370. The summed E-state index contributed by atoms with van der Waals surface area (Å²) in [6, 6.07) is 7.88. The Morgan fingerprint density at radius 1 is 1.12 bits per heavy atom. The minimum atomic E-state index is -1.18. The van der Waals surface area contributed by atoms with Crippen LogP contribution < -0.4 is 0 Å². The Balaban J connectivity index is 1.42. The Labute approximate surface area is 296 Å². The molecule has 0 saturated carbocycles. The number of morpholine rings is 1. The molecule has 4 heterocycles. The first-order chi connectivity index (χ1) is 24.2. The van der Waals surface area contributed by atoms with Crippen molar-refractivity contribution < 1.29 is 38.5 Å². The van der Waals surface area contributed by atoms with E-state index < -0.39 is 47.7 Å². The highest BCUT2D eigenvalue weighted by atomic mass is 16.6. The van der Waals surface area contributed by atoms with E-state index >= 15 is 0 Å². The predicted octanol–water partition coefficient (Wildman–Crippen LogP) is 2.58. The molecule has 274 valence electrons. The number of ether oxygens (including phenoxy) is 3. The summed E-state index contributed by atoms with van der Waals surface area (Å²) < 4.78 is 18.5. The topological polar surface area (TPSA) is 129 Å². The molecule has 1 spiro atoms. The lowest BCUT2D eigenvalue weighted by atomic mass is 9.70. The number of allylic oxidation sites excluding steroid dienone is 1. The number of carbonyl (C=O) groups excluding carboxylic acids is 4. The van der Waals surface area contributed by atoms with Gasteiger partial charge in [0.05, 0.1) is 37.2 Å². The van der Waals surface area contributed by atoms with Gasteiger partial charge in [0.2, 0.25) is 17.7 Å². The smallest absolute Gasteiger partial charge is 0.313 e. The van der Waals surface area contributed by atoms with Gasteiger partial charge in [-0.25, -0.2) is 0 Å². The Morgan fingerprint density at radius 2 is 1.86 bits per heavy atom. The molecular weight excluding hydrogens is 640 g/mol. The number of likely N-dealkylation sites (N-methyl/N-ethyl adjacent to an activating group) is 1. The third-order valence-electron chi connectivity index (χ3n) is 10.9. The van der Waals surface area contributed by atoms with Crippen LogP contribution in [0.5, 0.6) is 0 Å². The molecule has 1 N–H and O–H groups in total. The molecular formula is C38H54N4O8. The van der Waals surface area contributed by atoms with Crippen LogP contribution in [-0.2, 0) is 33.4 Å². The number of esters is 1. The summed E-state index contributed by atoms with van der Waals surface area (Å²) in [5.41, 5.74) is -0.446.